The van der Waals surface area contributed by atoms with Crippen molar-refractivity contribution in [2.75, 3.05) is 18.0 Å². The molecule has 4 heterocycles. The van der Waals surface area contributed by atoms with Crippen LogP contribution in [-0.2, 0) is 16.0 Å². The SMILES string of the molecule is C=C/C=C\N=C(/N)n1nc(CC2C(=O)N(CC(=O)N3CCCCC3C(C)C)c3ccccc3-n3c(-c4ccccc4)nnc32)c2ccccc21. The fourth-order valence-corrected chi connectivity index (χ4v) is 7.24. The van der Waals surface area contributed by atoms with Crippen LogP contribution in [0.4, 0.5) is 5.69 Å². The van der Waals surface area contributed by atoms with E-state index >= 15 is 4.79 Å². The minimum Gasteiger partial charge on any atom is -0.368 e. The highest BCUT2D eigenvalue weighted by Gasteiger charge is 2.40. The summed E-state index contributed by atoms with van der Waals surface area (Å²) >= 11 is 0. The zero-order valence-corrected chi connectivity index (χ0v) is 28.4. The van der Waals surface area contributed by atoms with Gasteiger partial charge in [-0.05, 0) is 49.5 Å². The molecule has 50 heavy (non-hydrogen) atoms. The number of aliphatic imine (C=N–C) groups is 1. The van der Waals surface area contributed by atoms with Crippen molar-refractivity contribution in [2.24, 2.45) is 16.6 Å². The Morgan fingerprint density at radius 3 is 2.52 bits per heavy atom. The van der Waals surface area contributed by atoms with Gasteiger partial charge in [-0.1, -0.05) is 87.2 Å². The van der Waals surface area contributed by atoms with Crippen LogP contribution in [-0.4, -0.2) is 66.4 Å². The van der Waals surface area contributed by atoms with Gasteiger partial charge in [-0.2, -0.15) is 9.78 Å². The molecule has 2 aliphatic heterocycles. The van der Waals surface area contributed by atoms with Gasteiger partial charge in [0.25, 0.3) is 0 Å². The molecule has 1 fully saturated rings. The van der Waals surface area contributed by atoms with Crippen LogP contribution in [0, 0.1) is 5.92 Å². The van der Waals surface area contributed by atoms with Crippen LogP contribution in [0.15, 0.2) is 109 Å². The van der Waals surface area contributed by atoms with Gasteiger partial charge in [0.15, 0.2) is 11.6 Å². The normalized spacial score (nSPS) is 18.1. The molecule has 7 rings (SSSR count). The lowest BCUT2D eigenvalue weighted by atomic mass is 9.92. The average molecular weight is 668 g/mol. The summed E-state index contributed by atoms with van der Waals surface area (Å²) in [5.74, 6) is 0.442. The van der Waals surface area contributed by atoms with Crippen LogP contribution >= 0.6 is 0 Å². The Morgan fingerprint density at radius 2 is 1.74 bits per heavy atom. The molecule has 11 nitrogen and oxygen atoms in total. The molecule has 0 aliphatic carbocycles. The number of nitrogens with zero attached hydrogens (tertiary/aromatic N) is 8. The van der Waals surface area contributed by atoms with Crippen molar-refractivity contribution in [3.05, 3.63) is 115 Å². The molecule has 2 aromatic heterocycles. The standard InChI is InChI=1S/C39H41N9O2/c1-4-5-22-41-39(40)48-32-19-10-9-17-28(32)30(44-48)24-29-37-43-42-36(27-15-7-6-8-16-27)47(37)34-21-12-11-20-33(34)46(38(29)50)25-35(49)45-23-14-13-18-31(45)26(2)3/h4-12,15-17,19-22,26,29,31H,1,13-14,18,23-25H2,2-3H3,(H2,40,41)/b22-5-. The molecule has 0 radical (unpaired) electrons. The molecule has 11 heteroatoms. The van der Waals surface area contributed by atoms with E-state index in [1.54, 1.807) is 27.9 Å². The molecule has 0 bridgehead atoms. The third-order valence-corrected chi connectivity index (χ3v) is 9.65. The number of fused-ring (bicyclic) bond motifs is 4. The minimum atomic E-state index is -0.826. The Morgan fingerprint density at radius 1 is 1.00 bits per heavy atom. The highest BCUT2D eigenvalue weighted by molar-refractivity contribution is 6.05. The maximum absolute atomic E-state index is 15.1. The largest absolute Gasteiger partial charge is 0.368 e. The summed E-state index contributed by atoms with van der Waals surface area (Å²) in [7, 11) is 0. The summed E-state index contributed by atoms with van der Waals surface area (Å²) in [5, 5.41) is 15.1. The first kappa shape index (κ1) is 32.7. The van der Waals surface area contributed by atoms with E-state index in [-0.39, 0.29) is 36.8 Å². The van der Waals surface area contributed by atoms with E-state index in [0.29, 0.717) is 35.5 Å². The van der Waals surface area contributed by atoms with Gasteiger partial charge in [0.05, 0.1) is 22.6 Å². The van der Waals surface area contributed by atoms with Gasteiger partial charge in [-0.25, -0.2) is 4.99 Å². The fraction of sp³-hybridized carbons (Fsp3) is 0.282. The second-order valence-electron chi connectivity index (χ2n) is 13.1. The van der Waals surface area contributed by atoms with Crippen molar-refractivity contribution >= 4 is 34.4 Å². The number of piperidine rings is 1. The van der Waals surface area contributed by atoms with Crippen molar-refractivity contribution in [1.29, 1.82) is 0 Å². The quantitative estimate of drug-likeness (QED) is 0.126. The van der Waals surface area contributed by atoms with Crippen LogP contribution in [0.1, 0.15) is 50.5 Å². The molecule has 254 valence electrons. The summed E-state index contributed by atoms with van der Waals surface area (Å²) in [6.07, 6.45) is 8.05. The molecular weight excluding hydrogens is 626 g/mol. The smallest absolute Gasteiger partial charge is 0.242 e. The summed E-state index contributed by atoms with van der Waals surface area (Å²) in [6.45, 7) is 8.61. The lowest BCUT2D eigenvalue weighted by Crippen LogP contribution is -2.51. The average Bonchev–Trinajstić information content (AvgIpc) is 3.73. The lowest BCUT2D eigenvalue weighted by molar-refractivity contribution is -0.135. The number of hydrogen-bond donors (Lipinski definition) is 1. The van der Waals surface area contributed by atoms with Gasteiger partial charge in [0, 0.05) is 36.2 Å². The molecule has 2 unspecified atom stereocenters. The molecule has 0 saturated carbocycles. The molecule has 3 aromatic carbocycles. The van der Waals surface area contributed by atoms with Crippen molar-refractivity contribution in [2.45, 2.75) is 51.5 Å². The second kappa shape index (κ2) is 13.9. The number of carbonyl (C=O) groups is 2. The molecule has 0 spiro atoms. The zero-order valence-electron chi connectivity index (χ0n) is 28.4. The fourth-order valence-electron chi connectivity index (χ4n) is 7.24. The van der Waals surface area contributed by atoms with E-state index in [9.17, 15) is 4.79 Å². The number of amides is 2. The van der Waals surface area contributed by atoms with Crippen LogP contribution in [0.2, 0.25) is 0 Å². The molecule has 2 aliphatic rings. The number of likely N-dealkylation sites (tertiary alicyclic amines) is 1. The highest BCUT2D eigenvalue weighted by Crippen LogP contribution is 2.39. The van der Waals surface area contributed by atoms with Crippen molar-refractivity contribution in [3.8, 4) is 17.1 Å². The maximum Gasteiger partial charge on any atom is 0.242 e. The number of carbonyl (C=O) groups excluding carboxylic acids is 2. The van der Waals surface area contributed by atoms with Crippen LogP contribution in [0.3, 0.4) is 0 Å². The summed E-state index contributed by atoms with van der Waals surface area (Å²) < 4.78 is 3.54. The van der Waals surface area contributed by atoms with E-state index in [1.165, 1.54) is 0 Å². The number of hydrogen-bond acceptors (Lipinski definition) is 6. The molecule has 5 aromatic rings. The third-order valence-electron chi connectivity index (χ3n) is 9.65. The van der Waals surface area contributed by atoms with Crippen LogP contribution in [0.5, 0.6) is 0 Å². The van der Waals surface area contributed by atoms with Gasteiger partial charge < -0.3 is 15.5 Å². The second-order valence-corrected chi connectivity index (χ2v) is 13.1. The first-order chi connectivity index (χ1) is 24.4. The van der Waals surface area contributed by atoms with Crippen LogP contribution < -0.4 is 10.6 Å². The van der Waals surface area contributed by atoms with E-state index < -0.39 is 5.92 Å². The number of rotatable bonds is 8. The Labute approximate surface area is 291 Å². The van der Waals surface area contributed by atoms with Gasteiger partial charge in [-0.15, -0.1) is 10.2 Å². The van der Waals surface area contributed by atoms with E-state index in [4.69, 9.17) is 15.9 Å². The molecule has 2 atom stereocenters. The minimum absolute atomic E-state index is 0.0578. The van der Waals surface area contributed by atoms with Crippen molar-refractivity contribution < 1.29 is 9.59 Å². The third kappa shape index (κ3) is 5.99. The van der Waals surface area contributed by atoms with Crippen LogP contribution in [0.25, 0.3) is 28.0 Å². The monoisotopic (exact) mass is 667 g/mol. The summed E-state index contributed by atoms with van der Waals surface area (Å²) in [6, 6.07) is 25.3. The van der Waals surface area contributed by atoms with Gasteiger partial charge in [0.2, 0.25) is 17.8 Å². The first-order valence-electron chi connectivity index (χ1n) is 17.2. The molecular formula is C39H41N9O2. The van der Waals surface area contributed by atoms with Gasteiger partial charge >= 0.3 is 0 Å². The number of allylic oxidation sites excluding steroid dienone is 2. The molecule has 2 amide bonds. The topological polar surface area (TPSA) is 128 Å². The summed E-state index contributed by atoms with van der Waals surface area (Å²) in [4.78, 5) is 37.3. The van der Waals surface area contributed by atoms with E-state index in [2.05, 4.69) is 30.5 Å². The molecule has 1 saturated heterocycles. The zero-order chi connectivity index (χ0) is 34.8. The number of aromatic nitrogens is 5. The van der Waals surface area contributed by atoms with Crippen molar-refractivity contribution in [1.82, 2.24) is 29.4 Å². The number of para-hydroxylation sites is 3. The lowest BCUT2D eigenvalue weighted by Gasteiger charge is -2.39. The predicted octanol–water partition coefficient (Wildman–Crippen LogP) is 5.86. The number of nitrogens with two attached hydrogens (primary N) is 1. The Bertz CT molecular complexity index is 2110. The van der Waals surface area contributed by atoms with E-state index in [0.717, 1.165) is 41.4 Å². The van der Waals surface area contributed by atoms with Crippen molar-refractivity contribution in [3.63, 3.8) is 0 Å². The Balaban J connectivity index is 1.37. The number of anilines is 1. The number of benzene rings is 3. The summed E-state index contributed by atoms with van der Waals surface area (Å²) in [5.41, 5.74) is 10.0. The van der Waals surface area contributed by atoms with Gasteiger partial charge in [0.1, 0.15) is 12.5 Å². The maximum atomic E-state index is 15.1. The van der Waals surface area contributed by atoms with E-state index in [1.807, 2.05) is 88.3 Å². The highest BCUT2D eigenvalue weighted by atomic mass is 16.2. The predicted molar refractivity (Wildman–Crippen MR) is 196 cm³/mol. The Kier molecular flexibility index (Phi) is 9.12. The van der Waals surface area contributed by atoms with Gasteiger partial charge in [-0.3, -0.25) is 14.2 Å². The molecule has 2 N–H and O–H groups in total. The first-order valence-corrected chi connectivity index (χ1v) is 17.2. The Hall–Kier alpha value is -5.84.